The maximum Gasteiger partial charge on any atom is 0.346 e. The van der Waals surface area contributed by atoms with E-state index in [0.717, 1.165) is 18.4 Å². The number of benzene rings is 2. The molecule has 31 heavy (non-hydrogen) atoms. The molecular weight excluding hydrogens is 521 g/mol. The van der Waals surface area contributed by atoms with E-state index in [2.05, 4.69) is 6.92 Å². The molecule has 12 heteroatoms. The van der Waals surface area contributed by atoms with Crippen molar-refractivity contribution in [2.24, 2.45) is 0 Å². The molecule has 1 atom stereocenters. The fraction of sp³-hybridized carbons (Fsp3) is 0.368. The molecule has 0 spiro atoms. The van der Waals surface area contributed by atoms with Gasteiger partial charge in [0.2, 0.25) is 0 Å². The summed E-state index contributed by atoms with van der Waals surface area (Å²) in [7, 11) is -9.77. The predicted molar refractivity (Wildman–Crippen MR) is 125 cm³/mol. The van der Waals surface area contributed by atoms with E-state index < -0.39 is 22.7 Å². The number of rotatable bonds is 10. The van der Waals surface area contributed by atoms with Gasteiger partial charge < -0.3 is 14.5 Å². The number of hydrogen-bond acceptors (Lipinski definition) is 4. The Morgan fingerprint density at radius 1 is 0.935 bits per heavy atom. The molecule has 3 radical (unpaired) electrons. The van der Waals surface area contributed by atoms with Gasteiger partial charge >= 0.3 is 7.60 Å². The third-order valence-corrected chi connectivity index (χ3v) is 7.79. The molecule has 0 aliphatic rings. The Morgan fingerprint density at radius 2 is 1.55 bits per heavy atom. The second-order valence-corrected chi connectivity index (χ2v) is 10.3. The molecule has 0 aliphatic carbocycles. The second-order valence-electron chi connectivity index (χ2n) is 6.59. The van der Waals surface area contributed by atoms with Crippen LogP contribution in [0.1, 0.15) is 37.3 Å². The van der Waals surface area contributed by atoms with E-state index in [9.17, 15) is 13.0 Å². The first-order chi connectivity index (χ1) is 13.1. The van der Waals surface area contributed by atoms with Gasteiger partial charge in [0, 0.05) is 154 Å². The van der Waals surface area contributed by atoms with Gasteiger partial charge in [0.1, 0.15) is 11.5 Å². The van der Waals surface area contributed by atoms with Crippen molar-refractivity contribution in [3.8, 4) is 11.5 Å². The SMILES string of the molecule is CCCc1ccc(Oc2cccc(CCCC(P(=O)(O)O)S(=O)(=O)O)c2)cc1.[K].[K].[K]. The van der Waals surface area contributed by atoms with Crippen molar-refractivity contribution in [1.82, 2.24) is 0 Å². The molecule has 0 saturated heterocycles. The topological polar surface area (TPSA) is 121 Å². The first-order valence-corrected chi connectivity index (χ1v) is 12.2. The molecule has 7 nitrogen and oxygen atoms in total. The largest absolute Gasteiger partial charge is 0.457 e. The zero-order valence-electron chi connectivity index (χ0n) is 18.6. The Kier molecular flexibility index (Phi) is 20.7. The van der Waals surface area contributed by atoms with Gasteiger partial charge in [-0.2, -0.15) is 8.42 Å². The van der Waals surface area contributed by atoms with Gasteiger partial charge in [0.15, 0.2) is 4.99 Å². The minimum Gasteiger partial charge on any atom is -0.457 e. The molecular formula is C19H25K3O7PS. The second kappa shape index (κ2) is 17.6. The fourth-order valence-electron chi connectivity index (χ4n) is 2.88. The number of ether oxygens (including phenoxy) is 1. The molecule has 1 unspecified atom stereocenters. The van der Waals surface area contributed by atoms with Crippen LogP contribution in [0.2, 0.25) is 0 Å². The molecule has 0 saturated carbocycles. The Morgan fingerprint density at radius 3 is 2.06 bits per heavy atom. The van der Waals surface area contributed by atoms with Gasteiger partial charge in [-0.3, -0.25) is 9.12 Å². The summed E-state index contributed by atoms with van der Waals surface area (Å²) in [4.78, 5) is 16.2. The molecule has 0 heterocycles. The minimum atomic E-state index is -4.95. The monoisotopic (exact) mass is 545 g/mol. The number of aryl methyl sites for hydroxylation is 2. The summed E-state index contributed by atoms with van der Waals surface area (Å²) in [5, 5.41) is 0. The first kappa shape index (κ1) is 36.4. The normalized spacial score (nSPS) is 12.0. The molecule has 157 valence electrons. The van der Waals surface area contributed by atoms with E-state index in [4.69, 9.17) is 19.1 Å². The zero-order chi connectivity index (χ0) is 20.8. The van der Waals surface area contributed by atoms with E-state index in [0.29, 0.717) is 17.9 Å². The van der Waals surface area contributed by atoms with Crippen LogP contribution in [0.5, 0.6) is 11.5 Å². The third kappa shape index (κ3) is 13.9. The van der Waals surface area contributed by atoms with Gasteiger partial charge in [-0.25, -0.2) is 0 Å². The zero-order valence-corrected chi connectivity index (χ0v) is 29.6. The molecule has 0 amide bonds. The molecule has 0 aromatic heterocycles. The third-order valence-electron chi connectivity index (χ3n) is 4.23. The van der Waals surface area contributed by atoms with Crippen LogP contribution in [-0.4, -0.2) is 182 Å². The summed E-state index contributed by atoms with van der Waals surface area (Å²) in [5.74, 6) is 1.31. The average Bonchev–Trinajstić information content (AvgIpc) is 2.59. The summed E-state index contributed by atoms with van der Waals surface area (Å²) in [5.41, 5.74) is 2.07. The quantitative estimate of drug-likeness (QED) is 0.238. The Balaban J connectivity index is 0. The van der Waals surface area contributed by atoms with Crippen molar-refractivity contribution in [2.75, 3.05) is 0 Å². The summed E-state index contributed by atoms with van der Waals surface area (Å²) >= 11 is 0. The van der Waals surface area contributed by atoms with Gasteiger partial charge in [0.25, 0.3) is 10.1 Å². The van der Waals surface area contributed by atoms with Crippen molar-refractivity contribution < 1.29 is 32.1 Å². The summed E-state index contributed by atoms with van der Waals surface area (Å²) < 4.78 is 48.5. The van der Waals surface area contributed by atoms with Crippen LogP contribution < -0.4 is 4.74 Å². The van der Waals surface area contributed by atoms with Gasteiger partial charge in [-0.05, 0) is 61.1 Å². The summed E-state index contributed by atoms with van der Waals surface area (Å²) in [6, 6.07) is 15.0. The molecule has 2 rings (SSSR count). The van der Waals surface area contributed by atoms with Crippen LogP contribution in [0.15, 0.2) is 48.5 Å². The van der Waals surface area contributed by atoms with E-state index in [1.54, 1.807) is 18.2 Å². The Labute approximate surface area is 312 Å². The van der Waals surface area contributed by atoms with Crippen LogP contribution in [0.25, 0.3) is 0 Å². The van der Waals surface area contributed by atoms with Crippen LogP contribution in [0, 0.1) is 0 Å². The molecule has 2 aromatic rings. The molecule has 3 N–H and O–H groups in total. The van der Waals surface area contributed by atoms with Crippen LogP contribution in [0.3, 0.4) is 0 Å². The van der Waals surface area contributed by atoms with Crippen molar-refractivity contribution >= 4 is 172 Å². The molecule has 2 aromatic carbocycles. The summed E-state index contributed by atoms with van der Waals surface area (Å²) in [6.07, 6.45) is 2.31. The maximum atomic E-state index is 11.3. The van der Waals surface area contributed by atoms with Crippen molar-refractivity contribution in [2.45, 2.75) is 44.0 Å². The smallest absolute Gasteiger partial charge is 0.346 e. The Bertz CT molecular complexity index is 934. The summed E-state index contributed by atoms with van der Waals surface area (Å²) in [6.45, 7) is 2.12. The Hall–Kier alpha value is 3.21. The van der Waals surface area contributed by atoms with E-state index in [1.807, 2.05) is 30.3 Å². The predicted octanol–water partition coefficient (Wildman–Crippen LogP) is 3.00. The number of hydrogen-bond donors (Lipinski definition) is 3. The van der Waals surface area contributed by atoms with Gasteiger partial charge in [-0.15, -0.1) is 0 Å². The van der Waals surface area contributed by atoms with E-state index in [-0.39, 0.29) is 167 Å². The van der Waals surface area contributed by atoms with Crippen LogP contribution >= 0.6 is 7.60 Å². The standard InChI is InChI=1S/C19H25O7PS.3K/c1-2-5-15-10-12-17(13-11-15)26-18-8-3-6-16(14-18)7-4-9-19(27(20,21)22)28(23,24)25;;;/h3,6,8,10-14,19H,2,4-5,7,9H2,1H3,(H2,20,21,22)(H,23,24,25);;;. The minimum absolute atomic E-state index is 0. The van der Waals surface area contributed by atoms with Crippen LogP contribution in [-0.2, 0) is 27.5 Å². The van der Waals surface area contributed by atoms with E-state index in [1.165, 1.54) is 5.56 Å². The van der Waals surface area contributed by atoms with Crippen molar-refractivity contribution in [3.63, 3.8) is 0 Å². The molecule has 0 aliphatic heterocycles. The first-order valence-electron chi connectivity index (χ1n) is 8.97. The molecule has 0 bridgehead atoms. The average molecular weight is 546 g/mol. The van der Waals surface area contributed by atoms with Crippen molar-refractivity contribution in [1.29, 1.82) is 0 Å². The van der Waals surface area contributed by atoms with E-state index >= 15 is 0 Å². The van der Waals surface area contributed by atoms with Gasteiger partial charge in [0.05, 0.1) is 0 Å². The maximum absolute atomic E-state index is 11.3. The van der Waals surface area contributed by atoms with Crippen molar-refractivity contribution in [3.05, 3.63) is 59.7 Å². The fourth-order valence-corrected chi connectivity index (χ4v) is 5.26. The van der Waals surface area contributed by atoms with Crippen LogP contribution in [0.4, 0.5) is 0 Å². The van der Waals surface area contributed by atoms with Gasteiger partial charge in [-0.1, -0.05) is 37.6 Å². The molecule has 0 fully saturated rings.